The fourth-order valence-corrected chi connectivity index (χ4v) is 7.96. The van der Waals surface area contributed by atoms with E-state index in [1.54, 1.807) is 66.7 Å². The topological polar surface area (TPSA) is 133 Å². The van der Waals surface area contributed by atoms with Gasteiger partial charge in [0.1, 0.15) is 5.75 Å². The number of benzene rings is 4. The van der Waals surface area contributed by atoms with Gasteiger partial charge in [-0.25, -0.2) is 9.59 Å². The van der Waals surface area contributed by atoms with E-state index >= 15 is 0 Å². The number of esters is 2. The smallest absolute Gasteiger partial charge is 0.343 e. The molecule has 4 aromatic carbocycles. The van der Waals surface area contributed by atoms with Crippen molar-refractivity contribution in [2.75, 3.05) is 26.4 Å². The van der Waals surface area contributed by atoms with E-state index in [1.807, 2.05) is 0 Å². The zero-order valence-corrected chi connectivity index (χ0v) is 42.3. The van der Waals surface area contributed by atoms with Gasteiger partial charge in [0.2, 0.25) is 5.75 Å². The summed E-state index contributed by atoms with van der Waals surface area (Å²) in [7, 11) is 0. The Morgan fingerprint density at radius 1 is 0.391 bits per heavy atom. The summed E-state index contributed by atoms with van der Waals surface area (Å²) < 4.78 is 36.0. The van der Waals surface area contributed by atoms with Crippen molar-refractivity contribution in [1.29, 1.82) is 0 Å². The van der Waals surface area contributed by atoms with Crippen molar-refractivity contribution in [2.45, 2.75) is 182 Å². The molecule has 0 bridgehead atoms. The Labute approximate surface area is 413 Å². The number of nitrogens with zero attached hydrogens (tertiary/aromatic N) is 1. The molecule has 0 aromatic heterocycles. The van der Waals surface area contributed by atoms with Crippen LogP contribution in [-0.2, 0) is 0 Å². The average Bonchev–Trinajstić information content (AvgIpc) is 3.36. The van der Waals surface area contributed by atoms with Gasteiger partial charge in [-0.1, -0.05) is 174 Å². The van der Waals surface area contributed by atoms with Crippen molar-refractivity contribution in [3.8, 4) is 45.6 Å². The molecule has 378 valence electrons. The van der Waals surface area contributed by atoms with Crippen molar-refractivity contribution < 1.29 is 42.9 Å². The third kappa shape index (κ3) is 21.3. The van der Waals surface area contributed by atoms with Crippen LogP contribution in [0.25, 0.3) is 11.1 Å². The molecule has 11 nitrogen and oxygen atoms in total. The Morgan fingerprint density at radius 2 is 0.739 bits per heavy atom. The summed E-state index contributed by atoms with van der Waals surface area (Å²) in [5.41, 5.74) is 1.29. The van der Waals surface area contributed by atoms with Crippen molar-refractivity contribution in [3.63, 3.8) is 0 Å². The average molecular weight is 952 g/mol. The van der Waals surface area contributed by atoms with Crippen LogP contribution in [0.1, 0.15) is 203 Å². The first kappa shape index (κ1) is 56.0. The quantitative estimate of drug-likeness (QED) is 0.0141. The standard InChI is InChI=1S/C58H81NO10/c1-5-9-13-17-21-25-39-64-53-37-32-48(44-55(53)66-41-27-23-19-15-11-7-3)57(60)68-50-34-29-46(30-35-50)47-31-36-52(51(43-47)59(62)63)69-58(61)49-33-38-54(65-40-26-22-18-14-10-6-2)56(45-49)67-42-28-24-20-16-12-8-4/h29-38,43-45H,5-28,39-42H2,1-4H3. The molecule has 0 unspecified atom stereocenters. The second kappa shape index (κ2) is 33.8. The largest absolute Gasteiger partial charge is 0.490 e. The molecule has 0 heterocycles. The highest BCUT2D eigenvalue weighted by molar-refractivity contribution is 5.93. The third-order valence-electron chi connectivity index (χ3n) is 12.1. The molecule has 4 aromatic rings. The van der Waals surface area contributed by atoms with Crippen molar-refractivity contribution in [2.24, 2.45) is 0 Å². The minimum atomic E-state index is -0.754. The van der Waals surface area contributed by atoms with Gasteiger partial charge in [-0.15, -0.1) is 0 Å². The summed E-state index contributed by atoms with van der Waals surface area (Å²) in [6.45, 7) is 10.9. The summed E-state index contributed by atoms with van der Waals surface area (Å²) in [6.07, 6.45) is 27.3. The lowest BCUT2D eigenvalue weighted by Gasteiger charge is -2.15. The second-order valence-electron chi connectivity index (χ2n) is 18.0. The van der Waals surface area contributed by atoms with E-state index < -0.39 is 16.9 Å². The number of nitro groups is 1. The van der Waals surface area contributed by atoms with Crippen LogP contribution in [0.3, 0.4) is 0 Å². The predicted molar refractivity (Wildman–Crippen MR) is 277 cm³/mol. The van der Waals surface area contributed by atoms with E-state index in [4.69, 9.17) is 28.4 Å². The predicted octanol–water partition coefficient (Wildman–Crippen LogP) is 16.7. The first-order chi connectivity index (χ1) is 33.8. The molecule has 0 fully saturated rings. The lowest BCUT2D eigenvalue weighted by atomic mass is 10.0. The van der Waals surface area contributed by atoms with Gasteiger partial charge in [0.25, 0.3) is 0 Å². The summed E-state index contributed by atoms with van der Waals surface area (Å²) in [6, 6.07) is 21.1. The van der Waals surface area contributed by atoms with Gasteiger partial charge < -0.3 is 28.4 Å². The molecule has 11 heteroatoms. The molecule has 69 heavy (non-hydrogen) atoms. The summed E-state index contributed by atoms with van der Waals surface area (Å²) in [4.78, 5) is 38.7. The molecule has 0 aliphatic carbocycles. The van der Waals surface area contributed by atoms with E-state index in [2.05, 4.69) is 27.7 Å². The highest BCUT2D eigenvalue weighted by atomic mass is 16.6. The summed E-state index contributed by atoms with van der Waals surface area (Å²) >= 11 is 0. The Morgan fingerprint density at radius 3 is 1.14 bits per heavy atom. The van der Waals surface area contributed by atoms with Crippen LogP contribution >= 0.6 is 0 Å². The van der Waals surface area contributed by atoms with Crippen LogP contribution in [0.4, 0.5) is 5.69 Å². The van der Waals surface area contributed by atoms with Gasteiger partial charge in [-0.3, -0.25) is 10.1 Å². The number of nitro benzene ring substituents is 1. The van der Waals surface area contributed by atoms with E-state index in [-0.39, 0.29) is 17.0 Å². The van der Waals surface area contributed by atoms with Crippen LogP contribution in [0.2, 0.25) is 0 Å². The molecule has 0 saturated heterocycles. The summed E-state index contributed by atoms with van der Waals surface area (Å²) in [5, 5.41) is 12.3. The molecule has 0 radical (unpaired) electrons. The maximum atomic E-state index is 13.5. The molecule has 0 amide bonds. The first-order valence-corrected chi connectivity index (χ1v) is 26.4. The summed E-state index contributed by atoms with van der Waals surface area (Å²) in [5.74, 6) is 0.942. The minimum Gasteiger partial charge on any atom is -0.490 e. The van der Waals surface area contributed by atoms with Crippen LogP contribution in [0, 0.1) is 10.1 Å². The third-order valence-corrected chi connectivity index (χ3v) is 12.1. The van der Waals surface area contributed by atoms with Gasteiger partial charge in [-0.05, 0) is 91.4 Å². The second-order valence-corrected chi connectivity index (χ2v) is 18.0. The Hall–Kier alpha value is -5.58. The van der Waals surface area contributed by atoms with E-state index in [9.17, 15) is 19.7 Å². The molecule has 0 spiro atoms. The van der Waals surface area contributed by atoms with Crippen molar-refractivity contribution >= 4 is 17.6 Å². The Balaban J connectivity index is 1.40. The number of hydrogen-bond acceptors (Lipinski definition) is 10. The van der Waals surface area contributed by atoms with Crippen LogP contribution < -0.4 is 28.4 Å². The molecule has 0 aliphatic heterocycles. The van der Waals surface area contributed by atoms with Crippen molar-refractivity contribution in [1.82, 2.24) is 0 Å². The van der Waals surface area contributed by atoms with Crippen LogP contribution in [-0.4, -0.2) is 43.3 Å². The molecular weight excluding hydrogens is 871 g/mol. The van der Waals surface area contributed by atoms with Gasteiger partial charge in [-0.2, -0.15) is 0 Å². The fourth-order valence-electron chi connectivity index (χ4n) is 7.96. The van der Waals surface area contributed by atoms with E-state index in [1.165, 1.54) is 108 Å². The molecular formula is C58H81NO10. The monoisotopic (exact) mass is 952 g/mol. The lowest BCUT2D eigenvalue weighted by Crippen LogP contribution is -2.11. The van der Waals surface area contributed by atoms with Crippen LogP contribution in [0.5, 0.6) is 34.5 Å². The van der Waals surface area contributed by atoms with Gasteiger partial charge in [0.15, 0.2) is 23.0 Å². The highest BCUT2D eigenvalue weighted by Crippen LogP contribution is 2.36. The molecule has 0 N–H and O–H groups in total. The van der Waals surface area contributed by atoms with Gasteiger partial charge in [0.05, 0.1) is 42.5 Å². The van der Waals surface area contributed by atoms with E-state index in [0.29, 0.717) is 71.9 Å². The fraction of sp³-hybridized carbons (Fsp3) is 0.552. The van der Waals surface area contributed by atoms with Gasteiger partial charge >= 0.3 is 17.6 Å². The number of hydrogen-bond donors (Lipinski definition) is 0. The molecule has 4 rings (SSSR count). The maximum Gasteiger partial charge on any atom is 0.343 e. The Kier molecular flexibility index (Phi) is 27.5. The van der Waals surface area contributed by atoms with Crippen LogP contribution in [0.15, 0.2) is 78.9 Å². The maximum absolute atomic E-state index is 13.5. The van der Waals surface area contributed by atoms with E-state index in [0.717, 1.165) is 57.8 Å². The normalized spacial score (nSPS) is 11.0. The van der Waals surface area contributed by atoms with Crippen molar-refractivity contribution in [3.05, 3.63) is 100 Å². The zero-order valence-electron chi connectivity index (χ0n) is 42.3. The number of carbonyl (C=O) groups excluding carboxylic acids is 2. The number of rotatable bonds is 38. The molecule has 0 atom stereocenters. The molecule has 0 saturated carbocycles. The van der Waals surface area contributed by atoms with Gasteiger partial charge in [0, 0.05) is 6.07 Å². The molecule has 0 aliphatic rings. The SMILES string of the molecule is CCCCCCCCOc1ccc(C(=O)Oc2ccc(-c3ccc(OC(=O)c4ccc(OCCCCCCCC)c(OCCCCCCCC)c4)c([N+](=O)[O-])c3)cc2)cc1OCCCCCCCC. The number of carbonyl (C=O) groups is 2. The zero-order chi connectivity index (χ0) is 49.3. The lowest BCUT2D eigenvalue weighted by molar-refractivity contribution is -0.385. The minimum absolute atomic E-state index is 0.188. The number of unbranched alkanes of at least 4 members (excludes halogenated alkanes) is 20. The first-order valence-electron chi connectivity index (χ1n) is 26.4. The highest BCUT2D eigenvalue weighted by Gasteiger charge is 2.22. The number of ether oxygens (including phenoxy) is 6. The Bertz CT molecular complexity index is 2080.